The summed E-state index contributed by atoms with van der Waals surface area (Å²) in [7, 11) is 0. The first-order chi connectivity index (χ1) is 15.6. The van der Waals surface area contributed by atoms with Crippen molar-refractivity contribution in [3.05, 3.63) is 76.2 Å². The van der Waals surface area contributed by atoms with Crippen molar-refractivity contribution in [2.75, 3.05) is 11.4 Å². The van der Waals surface area contributed by atoms with Gasteiger partial charge in [0.05, 0.1) is 12.1 Å². The number of rotatable bonds is 5. The van der Waals surface area contributed by atoms with Crippen LogP contribution in [-0.4, -0.2) is 28.9 Å². The molecule has 0 unspecified atom stereocenters. The first-order valence-corrected chi connectivity index (χ1v) is 11.3. The summed E-state index contributed by atoms with van der Waals surface area (Å²) in [5.41, 5.74) is 5.79. The van der Waals surface area contributed by atoms with Gasteiger partial charge in [-0.2, -0.15) is 0 Å². The monoisotopic (exact) mass is 447 g/mol. The van der Waals surface area contributed by atoms with Gasteiger partial charge in [0.15, 0.2) is 0 Å². The Balaban J connectivity index is 1.68. The van der Waals surface area contributed by atoms with Crippen LogP contribution in [0.4, 0.5) is 14.9 Å². The standard InChI is InChI=1S/C27H30FN3O2/c1-6-11-31-24-12-17(2)20(13-21(24)18(3)15-27(31,4)5)14-23-25(32)30(26(33)29-23)16-19-9-7-8-10-22(19)28/h7-10,12-15H,6,11,16H2,1-5H3,(H,29,33)/b23-14+. The van der Waals surface area contributed by atoms with E-state index in [0.29, 0.717) is 5.56 Å². The van der Waals surface area contributed by atoms with Gasteiger partial charge in [-0.3, -0.25) is 9.69 Å². The number of nitrogens with zero attached hydrogens (tertiary/aromatic N) is 2. The molecule has 0 aliphatic carbocycles. The second kappa shape index (κ2) is 8.50. The van der Waals surface area contributed by atoms with Crippen molar-refractivity contribution in [3.8, 4) is 0 Å². The third kappa shape index (κ3) is 4.17. The van der Waals surface area contributed by atoms with Gasteiger partial charge in [-0.05, 0) is 75.1 Å². The summed E-state index contributed by atoms with van der Waals surface area (Å²) in [6.07, 6.45) is 5.03. The van der Waals surface area contributed by atoms with Gasteiger partial charge in [0.2, 0.25) is 0 Å². The van der Waals surface area contributed by atoms with Gasteiger partial charge in [-0.25, -0.2) is 9.18 Å². The van der Waals surface area contributed by atoms with Crippen LogP contribution in [0.5, 0.6) is 0 Å². The number of hydrogen-bond donors (Lipinski definition) is 1. The number of nitrogens with one attached hydrogen (secondary N) is 1. The van der Waals surface area contributed by atoms with E-state index < -0.39 is 17.8 Å². The molecule has 1 saturated heterocycles. The highest BCUT2D eigenvalue weighted by molar-refractivity contribution is 6.14. The van der Waals surface area contributed by atoms with E-state index >= 15 is 0 Å². The Kier molecular flexibility index (Phi) is 5.87. The van der Waals surface area contributed by atoms with E-state index in [-0.39, 0.29) is 17.8 Å². The maximum absolute atomic E-state index is 14.0. The molecule has 6 heteroatoms. The molecule has 0 saturated carbocycles. The third-order valence-electron chi connectivity index (χ3n) is 6.36. The molecule has 4 rings (SSSR count). The second-order valence-corrected chi connectivity index (χ2v) is 9.33. The predicted molar refractivity (Wildman–Crippen MR) is 130 cm³/mol. The van der Waals surface area contributed by atoms with Gasteiger partial charge >= 0.3 is 6.03 Å². The highest BCUT2D eigenvalue weighted by Crippen LogP contribution is 2.40. The predicted octanol–water partition coefficient (Wildman–Crippen LogP) is 5.64. The number of urea groups is 1. The number of fused-ring (bicyclic) bond motifs is 1. The van der Waals surface area contributed by atoms with E-state index in [2.05, 4.69) is 56.1 Å². The summed E-state index contributed by atoms with van der Waals surface area (Å²) in [6.45, 7) is 11.6. The zero-order valence-corrected chi connectivity index (χ0v) is 19.8. The topological polar surface area (TPSA) is 52.7 Å². The number of aryl methyl sites for hydroxylation is 1. The minimum absolute atomic E-state index is 0.0812. The number of amides is 3. The van der Waals surface area contributed by atoms with Crippen molar-refractivity contribution in [2.24, 2.45) is 0 Å². The molecule has 2 aromatic carbocycles. The van der Waals surface area contributed by atoms with Crippen molar-refractivity contribution in [1.29, 1.82) is 0 Å². The number of allylic oxidation sites excluding steroid dienone is 1. The Morgan fingerprint density at radius 1 is 1.12 bits per heavy atom. The number of imide groups is 1. The molecule has 2 aliphatic rings. The van der Waals surface area contributed by atoms with Crippen molar-refractivity contribution in [2.45, 2.75) is 53.1 Å². The van der Waals surface area contributed by atoms with Crippen LogP contribution >= 0.6 is 0 Å². The maximum Gasteiger partial charge on any atom is 0.329 e. The first kappa shape index (κ1) is 22.8. The highest BCUT2D eigenvalue weighted by atomic mass is 19.1. The molecule has 33 heavy (non-hydrogen) atoms. The molecule has 1 N–H and O–H groups in total. The number of halogens is 1. The van der Waals surface area contributed by atoms with Crippen molar-refractivity contribution in [3.63, 3.8) is 0 Å². The number of carbonyl (C=O) groups excluding carboxylic acids is 2. The van der Waals surface area contributed by atoms with Crippen LogP contribution in [0, 0.1) is 12.7 Å². The molecule has 2 aliphatic heterocycles. The molecule has 0 atom stereocenters. The van der Waals surface area contributed by atoms with Crippen LogP contribution in [0.2, 0.25) is 0 Å². The lowest BCUT2D eigenvalue weighted by Gasteiger charge is -2.43. The number of anilines is 1. The van der Waals surface area contributed by atoms with Crippen LogP contribution in [0.1, 0.15) is 56.4 Å². The van der Waals surface area contributed by atoms with E-state index in [1.54, 1.807) is 24.3 Å². The summed E-state index contributed by atoms with van der Waals surface area (Å²) in [5.74, 6) is -0.899. The molecule has 0 spiro atoms. The Morgan fingerprint density at radius 2 is 1.85 bits per heavy atom. The lowest BCUT2D eigenvalue weighted by Crippen LogP contribution is -2.45. The van der Waals surface area contributed by atoms with Gasteiger partial charge in [0.1, 0.15) is 11.5 Å². The largest absolute Gasteiger partial charge is 0.362 e. The van der Waals surface area contributed by atoms with Crippen LogP contribution in [0.25, 0.3) is 11.6 Å². The van der Waals surface area contributed by atoms with Crippen molar-refractivity contribution < 1.29 is 14.0 Å². The lowest BCUT2D eigenvalue weighted by molar-refractivity contribution is -0.123. The summed E-state index contributed by atoms with van der Waals surface area (Å²) in [6, 6.07) is 9.85. The first-order valence-electron chi connectivity index (χ1n) is 11.3. The fraction of sp³-hybridized carbons (Fsp3) is 0.333. The van der Waals surface area contributed by atoms with Crippen molar-refractivity contribution >= 4 is 29.3 Å². The second-order valence-electron chi connectivity index (χ2n) is 9.33. The minimum atomic E-state index is -0.544. The number of benzene rings is 2. The third-order valence-corrected chi connectivity index (χ3v) is 6.36. The molecule has 0 aromatic heterocycles. The Hall–Kier alpha value is -3.41. The zero-order valence-electron chi connectivity index (χ0n) is 19.8. The Bertz CT molecular complexity index is 1200. The van der Waals surface area contributed by atoms with Gasteiger partial charge in [-0.1, -0.05) is 31.2 Å². The normalized spacial score (nSPS) is 18.5. The van der Waals surface area contributed by atoms with Gasteiger partial charge in [-0.15, -0.1) is 0 Å². The average Bonchev–Trinajstić information content (AvgIpc) is 3.00. The number of hydrogen-bond acceptors (Lipinski definition) is 3. The summed E-state index contributed by atoms with van der Waals surface area (Å²) in [5, 5.41) is 2.65. The maximum atomic E-state index is 14.0. The number of carbonyl (C=O) groups is 2. The molecule has 2 aromatic rings. The fourth-order valence-electron chi connectivity index (χ4n) is 4.70. The van der Waals surface area contributed by atoms with E-state index in [9.17, 15) is 14.0 Å². The van der Waals surface area contributed by atoms with Crippen molar-refractivity contribution in [1.82, 2.24) is 10.2 Å². The van der Waals surface area contributed by atoms with Crippen LogP contribution in [0.3, 0.4) is 0 Å². The summed E-state index contributed by atoms with van der Waals surface area (Å²) >= 11 is 0. The van der Waals surface area contributed by atoms with E-state index in [4.69, 9.17) is 0 Å². The minimum Gasteiger partial charge on any atom is -0.362 e. The van der Waals surface area contributed by atoms with Gasteiger partial charge in [0, 0.05) is 23.4 Å². The van der Waals surface area contributed by atoms with Gasteiger partial charge in [0.25, 0.3) is 5.91 Å². The molecule has 5 nitrogen and oxygen atoms in total. The molecule has 0 radical (unpaired) electrons. The Morgan fingerprint density at radius 3 is 2.55 bits per heavy atom. The highest BCUT2D eigenvalue weighted by Gasteiger charge is 2.35. The lowest BCUT2D eigenvalue weighted by atomic mass is 9.86. The average molecular weight is 448 g/mol. The summed E-state index contributed by atoms with van der Waals surface area (Å²) < 4.78 is 14.0. The molecular formula is C27H30FN3O2. The molecule has 0 bridgehead atoms. The van der Waals surface area contributed by atoms with E-state index in [1.165, 1.54) is 17.3 Å². The summed E-state index contributed by atoms with van der Waals surface area (Å²) in [4.78, 5) is 28.9. The fourth-order valence-corrected chi connectivity index (χ4v) is 4.70. The van der Waals surface area contributed by atoms with Crippen LogP contribution in [0.15, 0.2) is 48.2 Å². The molecule has 172 valence electrons. The van der Waals surface area contributed by atoms with Crippen LogP contribution < -0.4 is 10.2 Å². The molecule has 2 heterocycles. The smallest absolute Gasteiger partial charge is 0.329 e. The zero-order chi connectivity index (χ0) is 23.9. The molecular weight excluding hydrogens is 417 g/mol. The van der Waals surface area contributed by atoms with Gasteiger partial charge < -0.3 is 10.2 Å². The van der Waals surface area contributed by atoms with E-state index in [0.717, 1.165) is 34.6 Å². The SMILES string of the molecule is CCCN1c2cc(C)c(/C=C3/NC(=O)N(Cc4ccccc4F)C3=O)cc2C(C)=CC1(C)C. The Labute approximate surface area is 194 Å². The quantitative estimate of drug-likeness (QED) is 0.477. The molecule has 3 amide bonds. The van der Waals surface area contributed by atoms with Crippen LogP contribution in [-0.2, 0) is 11.3 Å². The molecule has 1 fully saturated rings. The van der Waals surface area contributed by atoms with E-state index in [1.807, 2.05) is 6.92 Å².